The monoisotopic (exact) mass is 328 g/mol. The lowest BCUT2D eigenvalue weighted by molar-refractivity contribution is -0.120. The first-order valence-electron chi connectivity index (χ1n) is 5.84. The molecule has 0 unspecified atom stereocenters. The average Bonchev–Trinajstić information content (AvgIpc) is 2.35. The zero-order chi connectivity index (χ0) is 14.3. The van der Waals surface area contributed by atoms with Crippen LogP contribution >= 0.6 is 15.9 Å². The molecule has 0 aliphatic rings. The molecule has 0 heterocycles. The Bertz CT molecular complexity index is 443. The molecule has 2 N–H and O–H groups in total. The molecule has 1 rings (SSSR count). The van der Waals surface area contributed by atoms with E-state index in [0.29, 0.717) is 18.7 Å². The molecule has 1 aromatic carbocycles. The van der Waals surface area contributed by atoms with Gasteiger partial charge in [0.1, 0.15) is 0 Å². The summed E-state index contributed by atoms with van der Waals surface area (Å²) >= 11 is 3.33. The standard InChI is InChI=1S/C13H17BrN2O3/c1-9-5-10(7-11(14)6-9)13(18)16-8-12(17)15-3-4-19-2/h5-7H,3-4,8H2,1-2H3,(H,15,17)(H,16,18). The Labute approximate surface area is 120 Å². The third-order valence-electron chi connectivity index (χ3n) is 2.34. The van der Waals surface area contributed by atoms with Gasteiger partial charge in [0.15, 0.2) is 0 Å². The lowest BCUT2D eigenvalue weighted by Crippen LogP contribution is -2.38. The molecule has 19 heavy (non-hydrogen) atoms. The molecule has 0 spiro atoms. The number of benzene rings is 1. The van der Waals surface area contributed by atoms with Crippen molar-refractivity contribution in [3.8, 4) is 0 Å². The van der Waals surface area contributed by atoms with E-state index in [1.807, 2.05) is 13.0 Å². The minimum absolute atomic E-state index is 0.0475. The SMILES string of the molecule is COCCNC(=O)CNC(=O)c1cc(C)cc(Br)c1. The van der Waals surface area contributed by atoms with Gasteiger partial charge in [-0.3, -0.25) is 9.59 Å². The van der Waals surface area contributed by atoms with Gasteiger partial charge in [-0.2, -0.15) is 0 Å². The largest absolute Gasteiger partial charge is 0.383 e. The van der Waals surface area contributed by atoms with Gasteiger partial charge in [-0.25, -0.2) is 0 Å². The molecule has 0 fully saturated rings. The summed E-state index contributed by atoms with van der Waals surface area (Å²) in [6, 6.07) is 5.39. The van der Waals surface area contributed by atoms with E-state index in [1.54, 1.807) is 19.2 Å². The second-order valence-electron chi connectivity index (χ2n) is 4.04. The van der Waals surface area contributed by atoms with Crippen LogP contribution in [0, 0.1) is 6.92 Å². The number of amides is 2. The minimum atomic E-state index is -0.272. The zero-order valence-electron chi connectivity index (χ0n) is 11.0. The number of rotatable bonds is 6. The molecule has 5 nitrogen and oxygen atoms in total. The van der Waals surface area contributed by atoms with Crippen molar-refractivity contribution in [1.82, 2.24) is 10.6 Å². The van der Waals surface area contributed by atoms with E-state index < -0.39 is 0 Å². The van der Waals surface area contributed by atoms with Crippen molar-refractivity contribution >= 4 is 27.7 Å². The van der Waals surface area contributed by atoms with Crippen molar-refractivity contribution in [2.45, 2.75) is 6.92 Å². The van der Waals surface area contributed by atoms with Crippen LogP contribution in [0.5, 0.6) is 0 Å². The van der Waals surface area contributed by atoms with E-state index in [1.165, 1.54) is 0 Å². The molecule has 0 bridgehead atoms. The van der Waals surface area contributed by atoms with E-state index in [4.69, 9.17) is 4.74 Å². The number of aryl methyl sites for hydroxylation is 1. The van der Waals surface area contributed by atoms with Gasteiger partial charge >= 0.3 is 0 Å². The molecular weight excluding hydrogens is 312 g/mol. The predicted octanol–water partition coefficient (Wildman–Crippen LogP) is 1.25. The Balaban J connectivity index is 2.44. The van der Waals surface area contributed by atoms with Crippen molar-refractivity contribution in [2.75, 3.05) is 26.8 Å². The fraction of sp³-hybridized carbons (Fsp3) is 0.385. The normalized spacial score (nSPS) is 10.1. The van der Waals surface area contributed by atoms with Crippen LogP contribution in [0.2, 0.25) is 0 Å². The Hall–Kier alpha value is -1.40. The van der Waals surface area contributed by atoms with Gasteiger partial charge in [0.2, 0.25) is 5.91 Å². The summed E-state index contributed by atoms with van der Waals surface area (Å²) in [6.45, 7) is 2.73. The summed E-state index contributed by atoms with van der Waals surface area (Å²) in [7, 11) is 1.56. The molecule has 104 valence electrons. The van der Waals surface area contributed by atoms with Gasteiger partial charge in [0.05, 0.1) is 13.2 Å². The van der Waals surface area contributed by atoms with Crippen molar-refractivity contribution in [3.05, 3.63) is 33.8 Å². The molecule has 0 radical (unpaired) electrons. The van der Waals surface area contributed by atoms with Crippen LogP contribution < -0.4 is 10.6 Å². The topological polar surface area (TPSA) is 67.4 Å². The maximum absolute atomic E-state index is 11.8. The van der Waals surface area contributed by atoms with Crippen molar-refractivity contribution in [1.29, 1.82) is 0 Å². The lowest BCUT2D eigenvalue weighted by atomic mass is 10.1. The van der Waals surface area contributed by atoms with Crippen LogP contribution in [-0.2, 0) is 9.53 Å². The number of halogens is 1. The van der Waals surface area contributed by atoms with Gasteiger partial charge < -0.3 is 15.4 Å². The molecule has 1 aromatic rings. The van der Waals surface area contributed by atoms with Gasteiger partial charge in [-0.15, -0.1) is 0 Å². The van der Waals surface area contributed by atoms with E-state index in [-0.39, 0.29) is 18.4 Å². The molecule has 0 saturated heterocycles. The molecule has 2 amide bonds. The van der Waals surface area contributed by atoms with Crippen LogP contribution in [0.25, 0.3) is 0 Å². The Kier molecular flexibility index (Phi) is 6.52. The third kappa shape index (κ3) is 5.85. The number of ether oxygens (including phenoxy) is 1. The number of methoxy groups -OCH3 is 1. The maximum Gasteiger partial charge on any atom is 0.251 e. The third-order valence-corrected chi connectivity index (χ3v) is 2.80. The van der Waals surface area contributed by atoms with E-state index in [0.717, 1.165) is 10.0 Å². The molecule has 0 atom stereocenters. The predicted molar refractivity (Wildman–Crippen MR) is 76.1 cm³/mol. The highest BCUT2D eigenvalue weighted by Crippen LogP contribution is 2.15. The number of hydrogen-bond donors (Lipinski definition) is 2. The first kappa shape index (κ1) is 15.7. The van der Waals surface area contributed by atoms with Gasteiger partial charge in [-0.05, 0) is 30.7 Å². The Morgan fingerprint density at radius 3 is 2.63 bits per heavy atom. The lowest BCUT2D eigenvalue weighted by Gasteiger charge is -2.07. The van der Waals surface area contributed by atoms with E-state index in [9.17, 15) is 9.59 Å². The molecule has 0 aromatic heterocycles. The Morgan fingerprint density at radius 1 is 1.26 bits per heavy atom. The van der Waals surface area contributed by atoms with Crippen molar-refractivity contribution in [2.24, 2.45) is 0 Å². The second kappa shape index (κ2) is 7.91. The number of nitrogens with one attached hydrogen (secondary N) is 2. The van der Waals surface area contributed by atoms with Crippen molar-refractivity contribution < 1.29 is 14.3 Å². The number of hydrogen-bond acceptors (Lipinski definition) is 3. The molecule has 0 aliphatic heterocycles. The summed E-state index contributed by atoms with van der Waals surface area (Å²) in [5, 5.41) is 5.19. The summed E-state index contributed by atoms with van der Waals surface area (Å²) in [5.74, 6) is -0.511. The van der Waals surface area contributed by atoms with Crippen molar-refractivity contribution in [3.63, 3.8) is 0 Å². The summed E-state index contributed by atoms with van der Waals surface area (Å²) in [4.78, 5) is 23.2. The van der Waals surface area contributed by atoms with Crippen LogP contribution in [0.3, 0.4) is 0 Å². The van der Waals surface area contributed by atoms with Crippen LogP contribution in [0.15, 0.2) is 22.7 Å². The number of carbonyl (C=O) groups is 2. The summed E-state index contributed by atoms with van der Waals surface area (Å²) in [5.41, 5.74) is 1.50. The van der Waals surface area contributed by atoms with Gasteiger partial charge in [0.25, 0.3) is 5.91 Å². The fourth-order valence-corrected chi connectivity index (χ4v) is 2.09. The number of carbonyl (C=O) groups excluding carboxylic acids is 2. The minimum Gasteiger partial charge on any atom is -0.383 e. The van der Waals surface area contributed by atoms with Crippen LogP contribution in [0.4, 0.5) is 0 Å². The zero-order valence-corrected chi connectivity index (χ0v) is 12.5. The summed E-state index contributed by atoms with van der Waals surface area (Å²) in [6.07, 6.45) is 0. The average molecular weight is 329 g/mol. The quantitative estimate of drug-likeness (QED) is 0.772. The summed E-state index contributed by atoms with van der Waals surface area (Å²) < 4.78 is 5.64. The van der Waals surface area contributed by atoms with Gasteiger partial charge in [0, 0.05) is 23.7 Å². The first-order chi connectivity index (χ1) is 9.02. The highest BCUT2D eigenvalue weighted by Gasteiger charge is 2.08. The van der Waals surface area contributed by atoms with Gasteiger partial charge in [-0.1, -0.05) is 15.9 Å². The Morgan fingerprint density at radius 2 is 2.00 bits per heavy atom. The molecule has 0 saturated carbocycles. The van der Waals surface area contributed by atoms with E-state index >= 15 is 0 Å². The molecule has 6 heteroatoms. The highest BCUT2D eigenvalue weighted by atomic mass is 79.9. The van der Waals surface area contributed by atoms with E-state index in [2.05, 4.69) is 26.6 Å². The first-order valence-corrected chi connectivity index (χ1v) is 6.63. The second-order valence-corrected chi connectivity index (χ2v) is 4.96. The smallest absolute Gasteiger partial charge is 0.251 e. The molecular formula is C13H17BrN2O3. The molecule has 0 aliphatic carbocycles. The highest BCUT2D eigenvalue weighted by molar-refractivity contribution is 9.10. The fourth-order valence-electron chi connectivity index (χ4n) is 1.49. The van der Waals surface area contributed by atoms with Crippen LogP contribution in [-0.4, -0.2) is 38.6 Å². The van der Waals surface area contributed by atoms with Crippen LogP contribution in [0.1, 0.15) is 15.9 Å². The maximum atomic E-state index is 11.8.